The van der Waals surface area contributed by atoms with Crippen LogP contribution in [-0.4, -0.2) is 51.5 Å². The van der Waals surface area contributed by atoms with E-state index >= 15 is 0 Å². The van der Waals surface area contributed by atoms with Gasteiger partial charge in [-0.05, 0) is 49.2 Å². The van der Waals surface area contributed by atoms with Gasteiger partial charge in [0.05, 0.1) is 0 Å². The summed E-state index contributed by atoms with van der Waals surface area (Å²) in [4.78, 5) is 38.0. The summed E-state index contributed by atoms with van der Waals surface area (Å²) in [5.74, 6) is -2.18. The number of rotatable bonds is 13. The molecule has 0 aliphatic heterocycles. The van der Waals surface area contributed by atoms with E-state index in [0.29, 0.717) is 18.6 Å². The van der Waals surface area contributed by atoms with Crippen molar-refractivity contribution >= 4 is 35.5 Å². The third-order valence-electron chi connectivity index (χ3n) is 4.57. The maximum Gasteiger partial charge on any atom is 1.00 e. The van der Waals surface area contributed by atoms with Gasteiger partial charge in [-0.25, -0.2) is 9.59 Å². The van der Waals surface area contributed by atoms with Crippen LogP contribution in [0.3, 0.4) is 0 Å². The summed E-state index contributed by atoms with van der Waals surface area (Å²) in [5.41, 5.74) is -0.157. The minimum absolute atomic E-state index is 0. The van der Waals surface area contributed by atoms with Gasteiger partial charge in [0, 0.05) is 11.7 Å². The number of nitrogens with zero attached hydrogens (tertiary/aromatic N) is 1. The minimum atomic E-state index is -1.16. The van der Waals surface area contributed by atoms with E-state index in [1.54, 1.807) is 6.92 Å². The van der Waals surface area contributed by atoms with Crippen LogP contribution in [0.25, 0.3) is 0 Å². The van der Waals surface area contributed by atoms with Crippen LogP contribution >= 0.6 is 11.8 Å². The van der Waals surface area contributed by atoms with Gasteiger partial charge in [-0.2, -0.15) is 11.8 Å². The average Bonchev–Trinajstić information content (AvgIpc) is 3.26. The van der Waals surface area contributed by atoms with Crippen molar-refractivity contribution in [2.24, 2.45) is 16.3 Å². The maximum absolute atomic E-state index is 12.0. The number of aliphatic imine (C=N–C) groups is 1. The second kappa shape index (κ2) is 13.3. The van der Waals surface area contributed by atoms with Gasteiger partial charge >= 0.3 is 41.5 Å². The van der Waals surface area contributed by atoms with E-state index in [4.69, 9.17) is 5.11 Å². The van der Waals surface area contributed by atoms with E-state index in [1.807, 2.05) is 13.8 Å². The first-order chi connectivity index (χ1) is 13.1. The Labute approximate surface area is 197 Å². The average molecular weight is 437 g/mol. The number of amides is 1. The van der Waals surface area contributed by atoms with Gasteiger partial charge in [0.1, 0.15) is 5.70 Å². The van der Waals surface area contributed by atoms with Gasteiger partial charge in [-0.3, -0.25) is 9.79 Å². The molecule has 0 aromatic carbocycles. The molecule has 0 radical (unpaired) electrons. The number of carboxylic acid groups (broad SMARTS) is 2. The molecule has 1 saturated carbocycles. The number of allylic oxidation sites excluding steroid dienone is 1. The predicted octanol–water partition coefficient (Wildman–Crippen LogP) is -1.35. The molecule has 2 unspecified atom stereocenters. The molecule has 3 N–H and O–H groups in total. The quantitative estimate of drug-likeness (QED) is 0.107. The second-order valence-electron chi connectivity index (χ2n) is 7.46. The van der Waals surface area contributed by atoms with E-state index < -0.39 is 23.9 Å². The molecular weight excluding hydrogens is 407 g/mol. The molecule has 158 valence electrons. The van der Waals surface area contributed by atoms with Crippen LogP contribution in [0.15, 0.2) is 16.8 Å². The fraction of sp³-hybridized carbons (Fsp3) is 0.684. The van der Waals surface area contributed by atoms with Gasteiger partial charge in [-0.1, -0.05) is 26.8 Å². The molecular formula is C19H29N2NaO6S. The molecule has 1 rings (SSSR count). The van der Waals surface area contributed by atoms with Crippen molar-refractivity contribution in [3.63, 3.8) is 0 Å². The van der Waals surface area contributed by atoms with Crippen molar-refractivity contribution in [1.82, 2.24) is 5.32 Å². The van der Waals surface area contributed by atoms with Gasteiger partial charge in [-0.15, -0.1) is 0 Å². The van der Waals surface area contributed by atoms with Gasteiger partial charge in [0.15, 0.2) is 6.04 Å². The monoisotopic (exact) mass is 436 g/mol. The Morgan fingerprint density at radius 2 is 1.93 bits per heavy atom. The van der Waals surface area contributed by atoms with Gasteiger partial charge < -0.3 is 20.6 Å². The number of aliphatic carboxylic acids is 2. The summed E-state index contributed by atoms with van der Waals surface area (Å²) in [6.45, 7) is 5.57. The molecule has 1 aliphatic carbocycles. The second-order valence-corrected chi connectivity index (χ2v) is 8.61. The summed E-state index contributed by atoms with van der Waals surface area (Å²) >= 11 is 1.40. The third-order valence-corrected chi connectivity index (χ3v) is 5.70. The number of nitrogens with one attached hydrogen (secondary N) is 1. The van der Waals surface area contributed by atoms with E-state index in [1.165, 1.54) is 17.8 Å². The molecule has 0 bridgehead atoms. The molecule has 29 heavy (non-hydrogen) atoms. The third kappa shape index (κ3) is 10.5. The Bertz CT molecular complexity index is 651. The largest absolute Gasteiger partial charge is 1.00 e. The molecule has 0 saturated heterocycles. The zero-order chi connectivity index (χ0) is 21.3. The molecule has 0 heterocycles. The van der Waals surface area contributed by atoms with E-state index in [9.17, 15) is 24.6 Å². The summed E-state index contributed by atoms with van der Waals surface area (Å²) in [7, 11) is 0. The number of thioether (sulfide) groups is 1. The van der Waals surface area contributed by atoms with Crippen LogP contribution in [0, 0.1) is 11.3 Å². The number of carbonyl (C=O) groups is 3. The fourth-order valence-electron chi connectivity index (χ4n) is 2.55. The molecule has 2 atom stereocenters. The van der Waals surface area contributed by atoms with Crippen LogP contribution in [0.4, 0.5) is 0 Å². The Balaban J connectivity index is 0.00000784. The van der Waals surface area contributed by atoms with Crippen LogP contribution in [0.1, 0.15) is 52.9 Å². The normalized spacial score (nSPS) is 19.1. The first kappa shape index (κ1) is 28.0. The van der Waals surface area contributed by atoms with Crippen molar-refractivity contribution in [3.8, 4) is 0 Å². The SMILES string of the molecule is CCC([O-])=NC(CSCCCC/C=C(\NC(=O)C1CC1(C)C)C(=O)O)C(=O)O.[Na+]. The van der Waals surface area contributed by atoms with Gasteiger partial charge in [0.25, 0.3) is 0 Å². The van der Waals surface area contributed by atoms with Crippen molar-refractivity contribution in [2.75, 3.05) is 11.5 Å². The summed E-state index contributed by atoms with van der Waals surface area (Å²) in [6, 6.07) is -1.03. The Kier molecular flexibility index (Phi) is 12.8. The molecule has 1 aliphatic rings. The first-order valence-corrected chi connectivity index (χ1v) is 10.5. The molecule has 1 amide bonds. The van der Waals surface area contributed by atoms with Crippen molar-refractivity contribution in [3.05, 3.63) is 11.8 Å². The van der Waals surface area contributed by atoms with Crippen LogP contribution in [0.2, 0.25) is 0 Å². The zero-order valence-corrected chi connectivity index (χ0v) is 20.4. The van der Waals surface area contributed by atoms with E-state index in [0.717, 1.165) is 12.8 Å². The Morgan fingerprint density at radius 1 is 1.31 bits per heavy atom. The Hall–Kier alpha value is -1.03. The van der Waals surface area contributed by atoms with Crippen LogP contribution in [0.5, 0.6) is 0 Å². The molecule has 0 spiro atoms. The number of carboxylic acids is 2. The minimum Gasteiger partial charge on any atom is -0.862 e. The standard InChI is InChI=1S/C19H30N2O6S.Na/c1-4-15(22)20-14(18(26)27)11-28-9-7-5-6-8-13(17(24)25)21-16(23)12-10-19(12,2)3;/h8,12,14H,4-7,9-11H2,1-3H3,(H,20,22)(H,21,23)(H,24,25)(H,26,27);/q;+1/p-1/b13-8-;. The van der Waals surface area contributed by atoms with Crippen molar-refractivity contribution in [2.45, 2.75) is 58.9 Å². The molecule has 10 heteroatoms. The fourth-order valence-corrected chi connectivity index (χ4v) is 3.56. The van der Waals surface area contributed by atoms with E-state index in [-0.39, 0.29) is 64.7 Å². The summed E-state index contributed by atoms with van der Waals surface area (Å²) in [5, 5.41) is 32.0. The maximum atomic E-state index is 12.0. The van der Waals surface area contributed by atoms with E-state index in [2.05, 4.69) is 10.3 Å². The Morgan fingerprint density at radius 3 is 2.41 bits per heavy atom. The smallest absolute Gasteiger partial charge is 0.862 e. The summed E-state index contributed by atoms with van der Waals surface area (Å²) < 4.78 is 0. The molecule has 0 aromatic rings. The number of carbonyl (C=O) groups excluding carboxylic acids is 1. The predicted molar refractivity (Wildman–Crippen MR) is 106 cm³/mol. The number of unbranched alkanes of at least 4 members (excludes halogenated alkanes) is 2. The number of hydrogen-bond acceptors (Lipinski definition) is 6. The molecule has 8 nitrogen and oxygen atoms in total. The number of hydrogen-bond donors (Lipinski definition) is 3. The van der Waals surface area contributed by atoms with Crippen LogP contribution in [-0.2, 0) is 14.4 Å². The first-order valence-electron chi connectivity index (χ1n) is 9.37. The summed E-state index contributed by atoms with van der Waals surface area (Å²) in [6.07, 6.45) is 4.41. The molecule has 0 aromatic heterocycles. The topological polar surface area (TPSA) is 139 Å². The zero-order valence-electron chi connectivity index (χ0n) is 17.6. The van der Waals surface area contributed by atoms with Crippen molar-refractivity contribution < 1.29 is 59.3 Å². The molecule has 1 fully saturated rings. The van der Waals surface area contributed by atoms with Crippen LogP contribution < -0.4 is 40.0 Å². The van der Waals surface area contributed by atoms with Crippen molar-refractivity contribution in [1.29, 1.82) is 0 Å². The van der Waals surface area contributed by atoms with Gasteiger partial charge in [0.2, 0.25) is 5.91 Å².